The highest BCUT2D eigenvalue weighted by molar-refractivity contribution is 5.79. The number of carbonyl (C=O) groups is 4. The quantitative estimate of drug-likeness (QED) is 0.441. The van der Waals surface area contributed by atoms with Crippen LogP contribution in [-0.4, -0.2) is 39.9 Å². The van der Waals surface area contributed by atoms with E-state index in [1.165, 1.54) is 39.1 Å². The molecule has 10 heteroatoms. The van der Waals surface area contributed by atoms with Gasteiger partial charge in [-0.2, -0.15) is 0 Å². The first kappa shape index (κ1) is 24.4. The molecule has 1 atom stereocenters. The van der Waals surface area contributed by atoms with Gasteiger partial charge in [0.05, 0.1) is 23.3 Å². The Morgan fingerprint density at radius 2 is 1.56 bits per heavy atom. The summed E-state index contributed by atoms with van der Waals surface area (Å²) in [6.45, 7) is 7.02. The maximum absolute atomic E-state index is 12.6. The van der Waals surface area contributed by atoms with Gasteiger partial charge in [0.15, 0.2) is 11.5 Å². The number of hydrogen-bond donors (Lipinski definition) is 0. The summed E-state index contributed by atoms with van der Waals surface area (Å²) in [5.74, 6) is -2.64. The smallest absolute Gasteiger partial charge is 0.348 e. The summed E-state index contributed by atoms with van der Waals surface area (Å²) in [4.78, 5) is 55.2. The fraction of sp³-hybridized carbons (Fsp3) is 0.364. The van der Waals surface area contributed by atoms with Crippen molar-refractivity contribution in [3.63, 3.8) is 0 Å². The van der Waals surface area contributed by atoms with E-state index in [0.29, 0.717) is 17.0 Å². The summed E-state index contributed by atoms with van der Waals surface area (Å²) in [5.41, 5.74) is 2.40. The molecule has 10 nitrogen and oxygen atoms in total. The lowest BCUT2D eigenvalue weighted by atomic mass is 10.1. The Bertz CT molecular complexity index is 1030. The number of nitrogens with zero attached hydrogens (tertiary/aromatic N) is 2. The second kappa shape index (κ2) is 11.0. The molecular weight excluding hydrogens is 420 g/mol. The molecule has 0 fully saturated rings. The zero-order valence-electron chi connectivity index (χ0n) is 18.5. The highest BCUT2D eigenvalue weighted by atomic mass is 16.6. The van der Waals surface area contributed by atoms with Gasteiger partial charge in [-0.1, -0.05) is 6.07 Å². The number of hydrogen-bond acceptors (Lipinski definition) is 10. The molecule has 0 aliphatic carbocycles. The minimum Gasteiger partial charge on any atom is -0.456 e. The van der Waals surface area contributed by atoms with E-state index in [0.717, 1.165) is 5.69 Å². The Morgan fingerprint density at radius 3 is 2.16 bits per heavy atom. The van der Waals surface area contributed by atoms with Gasteiger partial charge in [0, 0.05) is 27.2 Å². The summed E-state index contributed by atoms with van der Waals surface area (Å²) >= 11 is 0. The van der Waals surface area contributed by atoms with Crippen molar-refractivity contribution >= 4 is 23.9 Å². The van der Waals surface area contributed by atoms with Crippen LogP contribution in [0.3, 0.4) is 0 Å². The highest BCUT2D eigenvalue weighted by Crippen LogP contribution is 2.29. The van der Waals surface area contributed by atoms with E-state index >= 15 is 0 Å². The number of aromatic nitrogens is 2. The van der Waals surface area contributed by atoms with Gasteiger partial charge in [-0.25, -0.2) is 4.79 Å². The zero-order valence-corrected chi connectivity index (χ0v) is 18.5. The van der Waals surface area contributed by atoms with Gasteiger partial charge < -0.3 is 18.9 Å². The van der Waals surface area contributed by atoms with E-state index in [1.54, 1.807) is 13.0 Å². The first-order valence-electron chi connectivity index (χ1n) is 9.68. The molecule has 0 bridgehead atoms. The van der Waals surface area contributed by atoms with Crippen molar-refractivity contribution in [3.05, 3.63) is 47.0 Å². The molecule has 1 unspecified atom stereocenters. The first-order valence-corrected chi connectivity index (χ1v) is 9.68. The number of rotatable bonds is 8. The molecule has 1 heterocycles. The maximum atomic E-state index is 12.6. The summed E-state index contributed by atoms with van der Waals surface area (Å²) in [6, 6.07) is 4.37. The molecule has 0 spiro atoms. The van der Waals surface area contributed by atoms with Crippen molar-refractivity contribution in [2.45, 2.75) is 53.8 Å². The van der Waals surface area contributed by atoms with Crippen LogP contribution in [0.25, 0.3) is 0 Å². The monoisotopic (exact) mass is 444 g/mol. The average molecular weight is 444 g/mol. The molecule has 2 rings (SSSR count). The second-order valence-corrected chi connectivity index (χ2v) is 6.91. The molecule has 32 heavy (non-hydrogen) atoms. The van der Waals surface area contributed by atoms with Crippen LogP contribution in [0.2, 0.25) is 0 Å². The van der Waals surface area contributed by atoms with E-state index in [9.17, 15) is 19.2 Å². The molecule has 0 aliphatic heterocycles. The van der Waals surface area contributed by atoms with Gasteiger partial charge >= 0.3 is 23.9 Å². The molecule has 0 saturated heterocycles. The molecule has 0 N–H and O–H groups in total. The third-order valence-electron chi connectivity index (χ3n) is 4.11. The average Bonchev–Trinajstić information content (AvgIpc) is 2.69. The standard InChI is InChI=1S/C22H24N2O8/c1-12-13(2)24-18(10-23-12)11-29-22(28)21(32-16(5)27)9-17-6-7-19(30-14(3)25)20(8-17)31-15(4)26/h6-8,10,21H,9,11H2,1-5H3. The Kier molecular flexibility index (Phi) is 8.39. The Balaban J connectivity index is 2.18. The summed E-state index contributed by atoms with van der Waals surface area (Å²) in [6.07, 6.45) is 0.179. The van der Waals surface area contributed by atoms with Crippen LogP contribution in [0.15, 0.2) is 24.4 Å². The topological polar surface area (TPSA) is 131 Å². The van der Waals surface area contributed by atoms with E-state index in [1.807, 2.05) is 6.92 Å². The lowest BCUT2D eigenvalue weighted by Crippen LogP contribution is -2.30. The predicted octanol–water partition coefficient (Wildman–Crippen LogP) is 2.16. The van der Waals surface area contributed by atoms with Crippen molar-refractivity contribution in [1.82, 2.24) is 9.97 Å². The minimum atomic E-state index is -1.25. The van der Waals surface area contributed by atoms with Gasteiger partial charge in [0.2, 0.25) is 6.10 Å². The van der Waals surface area contributed by atoms with Gasteiger partial charge in [0.25, 0.3) is 0 Å². The van der Waals surface area contributed by atoms with Gasteiger partial charge in [0.1, 0.15) is 6.61 Å². The van der Waals surface area contributed by atoms with Crippen molar-refractivity contribution in [1.29, 1.82) is 0 Å². The normalized spacial score (nSPS) is 11.3. The predicted molar refractivity (Wildman–Crippen MR) is 110 cm³/mol. The molecular formula is C22H24N2O8. The number of esters is 4. The molecule has 0 radical (unpaired) electrons. The van der Waals surface area contributed by atoms with Crippen LogP contribution in [-0.2, 0) is 41.7 Å². The fourth-order valence-corrected chi connectivity index (χ4v) is 2.64. The Morgan fingerprint density at radius 1 is 0.906 bits per heavy atom. The van der Waals surface area contributed by atoms with Crippen LogP contribution >= 0.6 is 0 Å². The van der Waals surface area contributed by atoms with Gasteiger partial charge in [-0.15, -0.1) is 0 Å². The summed E-state index contributed by atoms with van der Waals surface area (Å²) in [7, 11) is 0. The molecule has 2 aromatic rings. The second-order valence-electron chi connectivity index (χ2n) is 6.91. The SMILES string of the molecule is CC(=O)Oc1ccc(CC(OC(C)=O)C(=O)OCc2cnc(C)c(C)n2)cc1OC(C)=O. The molecule has 1 aromatic carbocycles. The first-order chi connectivity index (χ1) is 15.0. The summed E-state index contributed by atoms with van der Waals surface area (Å²) in [5, 5.41) is 0. The molecule has 0 saturated carbocycles. The van der Waals surface area contributed by atoms with Gasteiger partial charge in [-0.3, -0.25) is 24.4 Å². The van der Waals surface area contributed by atoms with Crippen LogP contribution in [0.4, 0.5) is 0 Å². The van der Waals surface area contributed by atoms with E-state index < -0.39 is 30.0 Å². The minimum absolute atomic E-state index is 0.00875. The van der Waals surface area contributed by atoms with E-state index in [-0.39, 0.29) is 24.5 Å². The largest absolute Gasteiger partial charge is 0.456 e. The Labute approximate surface area is 184 Å². The van der Waals surface area contributed by atoms with E-state index in [2.05, 4.69) is 9.97 Å². The fourth-order valence-electron chi connectivity index (χ4n) is 2.64. The van der Waals surface area contributed by atoms with Crippen molar-refractivity contribution in [2.75, 3.05) is 0 Å². The maximum Gasteiger partial charge on any atom is 0.348 e. The zero-order chi connectivity index (χ0) is 23.8. The molecule has 0 amide bonds. The lowest BCUT2D eigenvalue weighted by Gasteiger charge is -2.17. The number of benzene rings is 1. The number of ether oxygens (including phenoxy) is 4. The molecule has 1 aromatic heterocycles. The molecule has 170 valence electrons. The number of carbonyl (C=O) groups excluding carboxylic acids is 4. The third kappa shape index (κ3) is 7.46. The summed E-state index contributed by atoms with van der Waals surface area (Å²) < 4.78 is 20.5. The molecule has 0 aliphatic rings. The van der Waals surface area contributed by atoms with Crippen LogP contribution in [0, 0.1) is 13.8 Å². The van der Waals surface area contributed by atoms with Crippen LogP contribution in [0.5, 0.6) is 11.5 Å². The van der Waals surface area contributed by atoms with Crippen LogP contribution in [0.1, 0.15) is 43.4 Å². The van der Waals surface area contributed by atoms with Crippen molar-refractivity contribution in [2.24, 2.45) is 0 Å². The van der Waals surface area contributed by atoms with Crippen molar-refractivity contribution < 1.29 is 38.1 Å². The number of aryl methyl sites for hydroxylation is 2. The van der Waals surface area contributed by atoms with Crippen LogP contribution < -0.4 is 9.47 Å². The lowest BCUT2D eigenvalue weighted by molar-refractivity contribution is -0.167. The van der Waals surface area contributed by atoms with Gasteiger partial charge in [-0.05, 0) is 31.5 Å². The highest BCUT2D eigenvalue weighted by Gasteiger charge is 2.25. The third-order valence-corrected chi connectivity index (χ3v) is 4.11. The van der Waals surface area contributed by atoms with Crippen molar-refractivity contribution in [3.8, 4) is 11.5 Å². The van der Waals surface area contributed by atoms with E-state index in [4.69, 9.17) is 18.9 Å². The Hall–Kier alpha value is -3.82.